The molecule has 0 aromatic heterocycles. The summed E-state index contributed by atoms with van der Waals surface area (Å²) in [7, 11) is -3.64. The Morgan fingerprint density at radius 2 is 1.69 bits per heavy atom. The highest BCUT2D eigenvalue weighted by Gasteiger charge is 2.22. The Morgan fingerprint density at radius 1 is 1.12 bits per heavy atom. The number of hydrogen-bond acceptors (Lipinski definition) is 4. The predicted molar refractivity (Wildman–Crippen MR) is 101 cm³/mol. The molecule has 0 aliphatic rings. The molecule has 0 spiro atoms. The molecular formula is C18H29N3O4S. The summed E-state index contributed by atoms with van der Waals surface area (Å²) in [6.07, 6.45) is 1.04. The lowest BCUT2D eigenvalue weighted by molar-refractivity contribution is -0.121. The van der Waals surface area contributed by atoms with Crippen molar-refractivity contribution in [3.05, 3.63) is 29.8 Å². The Kier molecular flexibility index (Phi) is 7.77. The minimum absolute atomic E-state index is 0.0944. The summed E-state index contributed by atoms with van der Waals surface area (Å²) in [5.41, 5.74) is -0.257. The molecule has 2 amide bonds. The number of carbonyl (C=O) groups excluding carboxylic acids is 2. The van der Waals surface area contributed by atoms with E-state index in [2.05, 4.69) is 15.4 Å². The molecule has 1 unspecified atom stereocenters. The molecule has 0 aliphatic carbocycles. The van der Waals surface area contributed by atoms with Crippen molar-refractivity contribution < 1.29 is 18.0 Å². The minimum Gasteiger partial charge on any atom is -0.354 e. The highest BCUT2D eigenvalue weighted by atomic mass is 32.2. The Labute approximate surface area is 156 Å². The molecule has 1 rings (SSSR count). The van der Waals surface area contributed by atoms with E-state index in [9.17, 15) is 18.0 Å². The van der Waals surface area contributed by atoms with Crippen molar-refractivity contribution >= 4 is 21.8 Å². The molecule has 146 valence electrons. The van der Waals surface area contributed by atoms with Gasteiger partial charge in [0.15, 0.2) is 0 Å². The molecule has 0 bridgehead atoms. The SMILES string of the molecule is CCC(C)NC(=O)CCNC(=O)c1ccc(S(=O)(=O)NC(C)(C)C)cc1. The highest BCUT2D eigenvalue weighted by molar-refractivity contribution is 7.89. The van der Waals surface area contributed by atoms with E-state index in [1.807, 2.05) is 13.8 Å². The fourth-order valence-corrected chi connectivity index (χ4v) is 3.51. The first-order valence-electron chi connectivity index (χ1n) is 8.66. The number of sulfonamides is 1. The van der Waals surface area contributed by atoms with E-state index in [1.54, 1.807) is 20.8 Å². The number of carbonyl (C=O) groups is 2. The van der Waals surface area contributed by atoms with Crippen molar-refractivity contribution in [3.63, 3.8) is 0 Å². The number of rotatable bonds is 8. The van der Waals surface area contributed by atoms with E-state index in [0.29, 0.717) is 5.56 Å². The smallest absolute Gasteiger partial charge is 0.251 e. The summed E-state index contributed by atoms with van der Waals surface area (Å²) in [6.45, 7) is 9.37. The van der Waals surface area contributed by atoms with E-state index >= 15 is 0 Å². The molecule has 1 atom stereocenters. The second-order valence-corrected chi connectivity index (χ2v) is 8.94. The van der Waals surface area contributed by atoms with Gasteiger partial charge in [-0.2, -0.15) is 0 Å². The lowest BCUT2D eigenvalue weighted by Gasteiger charge is -2.20. The van der Waals surface area contributed by atoms with Gasteiger partial charge >= 0.3 is 0 Å². The molecule has 1 aromatic rings. The first kappa shape index (κ1) is 22.1. The van der Waals surface area contributed by atoms with Crippen LogP contribution in [0.25, 0.3) is 0 Å². The van der Waals surface area contributed by atoms with Gasteiger partial charge in [-0.05, 0) is 58.4 Å². The minimum atomic E-state index is -3.64. The zero-order valence-electron chi connectivity index (χ0n) is 16.0. The maximum Gasteiger partial charge on any atom is 0.251 e. The van der Waals surface area contributed by atoms with Crippen molar-refractivity contribution in [2.75, 3.05) is 6.54 Å². The zero-order chi connectivity index (χ0) is 20.0. The lowest BCUT2D eigenvalue weighted by Crippen LogP contribution is -2.40. The van der Waals surface area contributed by atoms with Crippen LogP contribution in [-0.2, 0) is 14.8 Å². The largest absolute Gasteiger partial charge is 0.354 e. The van der Waals surface area contributed by atoms with Crippen LogP contribution in [0.15, 0.2) is 29.2 Å². The Hall–Kier alpha value is -1.93. The van der Waals surface area contributed by atoms with Crippen molar-refractivity contribution in [1.82, 2.24) is 15.4 Å². The van der Waals surface area contributed by atoms with E-state index < -0.39 is 15.6 Å². The van der Waals surface area contributed by atoms with Gasteiger partial charge in [-0.1, -0.05) is 6.92 Å². The van der Waals surface area contributed by atoms with Gasteiger partial charge in [-0.15, -0.1) is 0 Å². The Bertz CT molecular complexity index is 722. The molecule has 3 N–H and O–H groups in total. The quantitative estimate of drug-likeness (QED) is 0.636. The topological polar surface area (TPSA) is 104 Å². The van der Waals surface area contributed by atoms with E-state index in [4.69, 9.17) is 0 Å². The molecule has 1 aromatic carbocycles. The number of nitrogens with one attached hydrogen (secondary N) is 3. The predicted octanol–water partition coefficient (Wildman–Crippen LogP) is 1.80. The molecule has 8 heteroatoms. The average molecular weight is 384 g/mol. The summed E-state index contributed by atoms with van der Waals surface area (Å²) in [6, 6.07) is 5.78. The third-order valence-electron chi connectivity index (χ3n) is 3.52. The molecule has 0 radical (unpaired) electrons. The molecule has 0 aliphatic heterocycles. The van der Waals surface area contributed by atoms with Gasteiger partial charge in [0.25, 0.3) is 5.91 Å². The third kappa shape index (κ3) is 7.53. The molecule has 0 heterocycles. The van der Waals surface area contributed by atoms with Crippen molar-refractivity contribution in [2.24, 2.45) is 0 Å². The number of benzene rings is 1. The third-order valence-corrected chi connectivity index (χ3v) is 5.30. The highest BCUT2D eigenvalue weighted by Crippen LogP contribution is 2.14. The summed E-state index contributed by atoms with van der Waals surface area (Å²) in [5, 5.41) is 5.47. The maximum absolute atomic E-state index is 12.2. The van der Waals surface area contributed by atoms with Crippen LogP contribution < -0.4 is 15.4 Å². The molecule has 26 heavy (non-hydrogen) atoms. The maximum atomic E-state index is 12.2. The fourth-order valence-electron chi connectivity index (χ4n) is 2.09. The van der Waals surface area contributed by atoms with E-state index in [1.165, 1.54) is 24.3 Å². The van der Waals surface area contributed by atoms with E-state index in [0.717, 1.165) is 6.42 Å². The van der Waals surface area contributed by atoms with Crippen LogP contribution in [0.4, 0.5) is 0 Å². The summed E-state index contributed by atoms with van der Waals surface area (Å²) in [4.78, 5) is 23.8. The van der Waals surface area contributed by atoms with Crippen LogP contribution in [0.1, 0.15) is 57.8 Å². The summed E-state index contributed by atoms with van der Waals surface area (Å²) >= 11 is 0. The molecule has 0 fully saturated rings. The van der Waals surface area contributed by atoms with Gasteiger partial charge in [0.05, 0.1) is 4.90 Å². The number of amides is 2. The second kappa shape index (κ2) is 9.14. The monoisotopic (exact) mass is 383 g/mol. The van der Waals surface area contributed by atoms with E-state index in [-0.39, 0.29) is 35.7 Å². The van der Waals surface area contributed by atoms with Crippen LogP contribution in [0.5, 0.6) is 0 Å². The molecular weight excluding hydrogens is 354 g/mol. The lowest BCUT2D eigenvalue weighted by atomic mass is 10.1. The molecule has 7 nitrogen and oxygen atoms in total. The second-order valence-electron chi connectivity index (χ2n) is 7.26. The zero-order valence-corrected chi connectivity index (χ0v) is 16.9. The van der Waals surface area contributed by atoms with Gasteiger partial charge in [-0.25, -0.2) is 13.1 Å². The van der Waals surface area contributed by atoms with Gasteiger partial charge < -0.3 is 10.6 Å². The van der Waals surface area contributed by atoms with Crippen molar-refractivity contribution in [3.8, 4) is 0 Å². The normalized spacial score (nSPS) is 13.1. The van der Waals surface area contributed by atoms with Gasteiger partial charge in [0.1, 0.15) is 0 Å². The van der Waals surface area contributed by atoms with Crippen LogP contribution >= 0.6 is 0 Å². The van der Waals surface area contributed by atoms with Gasteiger partial charge in [0.2, 0.25) is 15.9 Å². The van der Waals surface area contributed by atoms with Crippen molar-refractivity contribution in [1.29, 1.82) is 0 Å². The standard InChI is InChI=1S/C18H29N3O4S/c1-6-13(2)20-16(22)11-12-19-17(23)14-7-9-15(10-8-14)26(24,25)21-18(3,4)5/h7-10,13,21H,6,11-12H2,1-5H3,(H,19,23)(H,20,22). The van der Waals surface area contributed by atoms with Crippen LogP contribution in [-0.4, -0.2) is 38.4 Å². The fraction of sp³-hybridized carbons (Fsp3) is 0.556. The first-order chi connectivity index (χ1) is 11.9. The van der Waals surface area contributed by atoms with Crippen LogP contribution in [0.3, 0.4) is 0 Å². The Morgan fingerprint density at radius 3 is 2.19 bits per heavy atom. The van der Waals surface area contributed by atoms with Crippen LogP contribution in [0, 0.1) is 0 Å². The number of hydrogen-bond donors (Lipinski definition) is 3. The molecule has 0 saturated heterocycles. The van der Waals surface area contributed by atoms with Crippen molar-refractivity contribution in [2.45, 2.75) is 63.9 Å². The average Bonchev–Trinajstić information content (AvgIpc) is 2.52. The van der Waals surface area contributed by atoms with Crippen LogP contribution in [0.2, 0.25) is 0 Å². The van der Waals surface area contributed by atoms with Gasteiger partial charge in [0, 0.05) is 30.1 Å². The summed E-state index contributed by atoms with van der Waals surface area (Å²) in [5.74, 6) is -0.469. The Balaban J connectivity index is 2.60. The van der Waals surface area contributed by atoms with Gasteiger partial charge in [-0.3, -0.25) is 9.59 Å². The molecule has 0 saturated carbocycles. The summed E-state index contributed by atoms with van der Waals surface area (Å²) < 4.78 is 27.0. The first-order valence-corrected chi connectivity index (χ1v) is 10.1.